The standard InChI is InChI=1S/C22H13Br/c23-20-13-16-6-2-4-8-18(16)22-19(20)12-11-15-10-9-14-5-1-3-7-17(14)21(15)22/h1-13H. The Kier molecular flexibility index (Phi) is 2.74. The molecule has 23 heavy (non-hydrogen) atoms. The third-order valence-corrected chi connectivity index (χ3v) is 5.34. The monoisotopic (exact) mass is 356 g/mol. The van der Waals surface area contributed by atoms with Crippen molar-refractivity contribution in [1.29, 1.82) is 0 Å². The predicted octanol–water partition coefficient (Wildman–Crippen LogP) is 7.06. The summed E-state index contributed by atoms with van der Waals surface area (Å²) in [5, 5.41) is 10.4. The minimum Gasteiger partial charge on any atom is -0.0616 e. The SMILES string of the molecule is Brc1cc2ccccc2c2c1ccc1ccc3ccccc3c12. The number of benzene rings is 5. The normalized spacial score (nSPS) is 11.7. The van der Waals surface area contributed by atoms with Crippen LogP contribution in [0.3, 0.4) is 0 Å². The van der Waals surface area contributed by atoms with Gasteiger partial charge in [0.05, 0.1) is 0 Å². The Labute approximate surface area is 142 Å². The molecule has 5 aromatic rings. The van der Waals surface area contributed by atoms with E-state index in [1.54, 1.807) is 0 Å². The van der Waals surface area contributed by atoms with Gasteiger partial charge in [0.25, 0.3) is 0 Å². The summed E-state index contributed by atoms with van der Waals surface area (Å²) in [6.07, 6.45) is 0. The Hall–Kier alpha value is -2.38. The molecule has 0 aliphatic heterocycles. The summed E-state index contributed by atoms with van der Waals surface area (Å²) in [4.78, 5) is 0. The Bertz CT molecular complexity index is 1220. The molecule has 0 spiro atoms. The lowest BCUT2D eigenvalue weighted by Crippen LogP contribution is -1.84. The van der Waals surface area contributed by atoms with E-state index in [2.05, 4.69) is 94.8 Å². The van der Waals surface area contributed by atoms with Crippen molar-refractivity contribution in [2.24, 2.45) is 0 Å². The van der Waals surface area contributed by atoms with E-state index < -0.39 is 0 Å². The number of hydrogen-bond donors (Lipinski definition) is 0. The van der Waals surface area contributed by atoms with E-state index in [-0.39, 0.29) is 0 Å². The summed E-state index contributed by atoms with van der Waals surface area (Å²) in [5.74, 6) is 0. The zero-order chi connectivity index (χ0) is 15.4. The molecule has 0 heterocycles. The molecular weight excluding hydrogens is 344 g/mol. The van der Waals surface area contributed by atoms with E-state index in [0.717, 1.165) is 4.47 Å². The topological polar surface area (TPSA) is 0 Å². The van der Waals surface area contributed by atoms with Crippen LogP contribution in [0.1, 0.15) is 0 Å². The zero-order valence-electron chi connectivity index (χ0n) is 12.4. The summed E-state index contributed by atoms with van der Waals surface area (Å²) in [5.41, 5.74) is 0. The molecule has 0 radical (unpaired) electrons. The Morgan fingerprint density at radius 2 is 1.09 bits per heavy atom. The van der Waals surface area contributed by atoms with E-state index in [0.29, 0.717) is 0 Å². The number of halogens is 1. The average Bonchev–Trinajstić information content (AvgIpc) is 2.61. The molecule has 0 bridgehead atoms. The minimum absolute atomic E-state index is 1.15. The van der Waals surface area contributed by atoms with Crippen LogP contribution in [0.2, 0.25) is 0 Å². The summed E-state index contributed by atoms with van der Waals surface area (Å²) >= 11 is 3.77. The largest absolute Gasteiger partial charge is 0.0616 e. The van der Waals surface area contributed by atoms with Crippen LogP contribution in [0.5, 0.6) is 0 Å². The van der Waals surface area contributed by atoms with Crippen molar-refractivity contribution >= 4 is 59.0 Å². The van der Waals surface area contributed by atoms with Gasteiger partial charge in [-0.25, -0.2) is 0 Å². The van der Waals surface area contributed by atoms with Crippen molar-refractivity contribution in [2.45, 2.75) is 0 Å². The highest BCUT2D eigenvalue weighted by molar-refractivity contribution is 9.10. The zero-order valence-corrected chi connectivity index (χ0v) is 14.0. The van der Waals surface area contributed by atoms with Gasteiger partial charge >= 0.3 is 0 Å². The summed E-state index contributed by atoms with van der Waals surface area (Å²) in [6.45, 7) is 0. The first-order chi connectivity index (χ1) is 11.3. The first-order valence-electron chi connectivity index (χ1n) is 7.74. The highest BCUT2D eigenvalue weighted by Gasteiger charge is 2.10. The van der Waals surface area contributed by atoms with Crippen LogP contribution in [-0.4, -0.2) is 0 Å². The van der Waals surface area contributed by atoms with Crippen molar-refractivity contribution in [3.63, 3.8) is 0 Å². The second kappa shape index (κ2) is 4.81. The first kappa shape index (κ1) is 13.1. The van der Waals surface area contributed by atoms with Crippen LogP contribution in [0.15, 0.2) is 83.3 Å². The minimum atomic E-state index is 1.15. The number of fused-ring (bicyclic) bond motifs is 7. The van der Waals surface area contributed by atoms with Gasteiger partial charge in [0, 0.05) is 4.47 Å². The van der Waals surface area contributed by atoms with Crippen LogP contribution in [0, 0.1) is 0 Å². The smallest absolute Gasteiger partial charge is 0.0260 e. The quantitative estimate of drug-likeness (QED) is 0.260. The van der Waals surface area contributed by atoms with Crippen LogP contribution in [0.25, 0.3) is 43.1 Å². The van der Waals surface area contributed by atoms with Crippen LogP contribution >= 0.6 is 15.9 Å². The van der Waals surface area contributed by atoms with E-state index in [1.807, 2.05) is 0 Å². The predicted molar refractivity (Wildman–Crippen MR) is 104 cm³/mol. The fourth-order valence-corrected chi connectivity index (χ4v) is 4.22. The lowest BCUT2D eigenvalue weighted by atomic mass is 9.93. The van der Waals surface area contributed by atoms with Gasteiger partial charge in [-0.05, 0) is 49.2 Å². The molecule has 5 rings (SSSR count). The molecule has 0 aliphatic carbocycles. The third-order valence-electron chi connectivity index (χ3n) is 4.68. The molecule has 1 heteroatoms. The summed E-state index contributed by atoms with van der Waals surface area (Å²) in [7, 11) is 0. The van der Waals surface area contributed by atoms with E-state index in [1.165, 1.54) is 43.1 Å². The maximum Gasteiger partial charge on any atom is 0.0260 e. The van der Waals surface area contributed by atoms with Crippen molar-refractivity contribution in [3.05, 3.63) is 83.3 Å². The average molecular weight is 357 g/mol. The first-order valence-corrected chi connectivity index (χ1v) is 8.54. The molecule has 0 aromatic heterocycles. The molecule has 0 aliphatic rings. The molecule has 0 N–H and O–H groups in total. The molecule has 0 amide bonds. The van der Waals surface area contributed by atoms with Gasteiger partial charge in [-0.1, -0.05) is 88.7 Å². The second-order valence-electron chi connectivity index (χ2n) is 5.95. The Morgan fingerprint density at radius 1 is 0.478 bits per heavy atom. The Balaban J connectivity index is 2.21. The Morgan fingerprint density at radius 3 is 1.91 bits per heavy atom. The molecular formula is C22H13Br. The lowest BCUT2D eigenvalue weighted by molar-refractivity contribution is 1.75. The molecule has 0 fully saturated rings. The highest BCUT2D eigenvalue weighted by atomic mass is 79.9. The molecule has 5 aromatic carbocycles. The van der Waals surface area contributed by atoms with Crippen molar-refractivity contribution in [2.75, 3.05) is 0 Å². The van der Waals surface area contributed by atoms with Crippen molar-refractivity contribution in [1.82, 2.24) is 0 Å². The lowest BCUT2D eigenvalue weighted by Gasteiger charge is -2.12. The highest BCUT2D eigenvalue weighted by Crippen LogP contribution is 2.39. The van der Waals surface area contributed by atoms with E-state index >= 15 is 0 Å². The number of hydrogen-bond acceptors (Lipinski definition) is 0. The van der Waals surface area contributed by atoms with Gasteiger partial charge in [-0.15, -0.1) is 0 Å². The molecule has 0 nitrogen and oxygen atoms in total. The second-order valence-corrected chi connectivity index (χ2v) is 6.81. The molecule has 108 valence electrons. The van der Waals surface area contributed by atoms with Crippen molar-refractivity contribution < 1.29 is 0 Å². The van der Waals surface area contributed by atoms with Gasteiger partial charge < -0.3 is 0 Å². The molecule has 0 unspecified atom stereocenters. The number of rotatable bonds is 0. The molecule has 0 atom stereocenters. The van der Waals surface area contributed by atoms with Crippen LogP contribution in [0.4, 0.5) is 0 Å². The third kappa shape index (κ3) is 1.83. The molecule has 0 saturated carbocycles. The van der Waals surface area contributed by atoms with Crippen LogP contribution < -0.4 is 0 Å². The van der Waals surface area contributed by atoms with E-state index in [9.17, 15) is 0 Å². The summed E-state index contributed by atoms with van der Waals surface area (Å²) < 4.78 is 1.15. The van der Waals surface area contributed by atoms with Crippen molar-refractivity contribution in [3.8, 4) is 0 Å². The molecule has 0 saturated heterocycles. The summed E-state index contributed by atoms with van der Waals surface area (Å²) in [6, 6.07) is 28.4. The van der Waals surface area contributed by atoms with Gasteiger partial charge in [0.2, 0.25) is 0 Å². The van der Waals surface area contributed by atoms with Gasteiger partial charge in [-0.3, -0.25) is 0 Å². The van der Waals surface area contributed by atoms with E-state index in [4.69, 9.17) is 0 Å². The van der Waals surface area contributed by atoms with Crippen LogP contribution in [-0.2, 0) is 0 Å². The fraction of sp³-hybridized carbons (Fsp3) is 0. The van der Waals surface area contributed by atoms with Gasteiger partial charge in [0.1, 0.15) is 0 Å². The maximum absolute atomic E-state index is 3.77. The fourth-order valence-electron chi connectivity index (χ4n) is 3.64. The van der Waals surface area contributed by atoms with Gasteiger partial charge in [0.15, 0.2) is 0 Å². The maximum atomic E-state index is 3.77. The van der Waals surface area contributed by atoms with Gasteiger partial charge in [-0.2, -0.15) is 0 Å².